The van der Waals surface area contributed by atoms with E-state index in [1.54, 1.807) is 24.3 Å². The lowest BCUT2D eigenvalue weighted by Gasteiger charge is -2.18. The highest BCUT2D eigenvalue weighted by Crippen LogP contribution is 2.10. The van der Waals surface area contributed by atoms with Crippen molar-refractivity contribution in [3.05, 3.63) is 59.9 Å². The van der Waals surface area contributed by atoms with E-state index in [0.29, 0.717) is 13.1 Å². The van der Waals surface area contributed by atoms with Gasteiger partial charge in [-0.1, -0.05) is 18.2 Å². The van der Waals surface area contributed by atoms with Gasteiger partial charge in [0.1, 0.15) is 0 Å². The summed E-state index contributed by atoms with van der Waals surface area (Å²) in [7, 11) is 1.75. The SMILES string of the molecule is CN(Cc1cccnc1)C(=O)Nc1ccc(CN)cc1. The van der Waals surface area contributed by atoms with Crippen molar-refractivity contribution in [3.63, 3.8) is 0 Å². The van der Waals surface area contributed by atoms with E-state index in [1.807, 2.05) is 36.4 Å². The number of pyridine rings is 1. The van der Waals surface area contributed by atoms with E-state index in [-0.39, 0.29) is 6.03 Å². The molecule has 104 valence electrons. The van der Waals surface area contributed by atoms with E-state index in [9.17, 15) is 4.79 Å². The lowest BCUT2D eigenvalue weighted by Crippen LogP contribution is -2.30. The van der Waals surface area contributed by atoms with Gasteiger partial charge in [0, 0.05) is 38.2 Å². The van der Waals surface area contributed by atoms with Crippen molar-refractivity contribution in [3.8, 4) is 0 Å². The highest BCUT2D eigenvalue weighted by molar-refractivity contribution is 5.89. The number of nitrogens with two attached hydrogens (primary N) is 1. The smallest absolute Gasteiger partial charge is 0.321 e. The number of hydrogen-bond acceptors (Lipinski definition) is 3. The van der Waals surface area contributed by atoms with E-state index in [1.165, 1.54) is 0 Å². The molecule has 5 heteroatoms. The molecule has 0 fully saturated rings. The molecule has 0 aliphatic carbocycles. The summed E-state index contributed by atoms with van der Waals surface area (Å²) < 4.78 is 0. The zero-order valence-corrected chi connectivity index (χ0v) is 11.4. The minimum atomic E-state index is -0.158. The summed E-state index contributed by atoms with van der Waals surface area (Å²) in [5, 5.41) is 2.84. The van der Waals surface area contributed by atoms with Gasteiger partial charge in [0.2, 0.25) is 0 Å². The molecule has 0 saturated heterocycles. The lowest BCUT2D eigenvalue weighted by atomic mass is 10.2. The van der Waals surface area contributed by atoms with Crippen LogP contribution in [0.3, 0.4) is 0 Å². The number of hydrogen-bond donors (Lipinski definition) is 2. The van der Waals surface area contributed by atoms with Gasteiger partial charge in [-0.15, -0.1) is 0 Å². The maximum Gasteiger partial charge on any atom is 0.321 e. The van der Waals surface area contributed by atoms with Crippen molar-refractivity contribution in [2.45, 2.75) is 13.1 Å². The van der Waals surface area contributed by atoms with Crippen molar-refractivity contribution >= 4 is 11.7 Å². The maximum atomic E-state index is 12.0. The summed E-state index contributed by atoms with van der Waals surface area (Å²) in [5.74, 6) is 0. The van der Waals surface area contributed by atoms with Crippen LogP contribution in [0.4, 0.5) is 10.5 Å². The number of carbonyl (C=O) groups excluding carboxylic acids is 1. The number of carbonyl (C=O) groups is 1. The Hall–Kier alpha value is -2.40. The van der Waals surface area contributed by atoms with E-state index in [0.717, 1.165) is 16.8 Å². The van der Waals surface area contributed by atoms with Gasteiger partial charge in [0.15, 0.2) is 0 Å². The molecule has 0 aliphatic heterocycles. The minimum Gasteiger partial charge on any atom is -0.326 e. The van der Waals surface area contributed by atoms with Gasteiger partial charge in [-0.3, -0.25) is 4.98 Å². The minimum absolute atomic E-state index is 0.158. The third-order valence-electron chi connectivity index (χ3n) is 2.93. The first-order valence-electron chi connectivity index (χ1n) is 6.39. The summed E-state index contributed by atoms with van der Waals surface area (Å²) in [6.07, 6.45) is 3.46. The molecule has 2 rings (SSSR count). The Morgan fingerprint density at radius 1 is 1.25 bits per heavy atom. The number of benzene rings is 1. The van der Waals surface area contributed by atoms with Gasteiger partial charge in [-0.05, 0) is 29.3 Å². The Labute approximate surface area is 118 Å². The number of rotatable bonds is 4. The molecular weight excluding hydrogens is 252 g/mol. The molecule has 1 heterocycles. The average Bonchev–Trinajstić information content (AvgIpc) is 2.49. The van der Waals surface area contributed by atoms with Crippen LogP contribution < -0.4 is 11.1 Å². The highest BCUT2D eigenvalue weighted by Gasteiger charge is 2.09. The summed E-state index contributed by atoms with van der Waals surface area (Å²) in [5.41, 5.74) is 8.31. The first-order chi connectivity index (χ1) is 9.69. The molecule has 0 atom stereocenters. The number of urea groups is 1. The maximum absolute atomic E-state index is 12.0. The van der Waals surface area contributed by atoms with E-state index in [4.69, 9.17) is 5.73 Å². The van der Waals surface area contributed by atoms with Crippen molar-refractivity contribution in [2.24, 2.45) is 5.73 Å². The van der Waals surface area contributed by atoms with E-state index >= 15 is 0 Å². The number of nitrogens with one attached hydrogen (secondary N) is 1. The molecular formula is C15H18N4O. The summed E-state index contributed by atoms with van der Waals surface area (Å²) in [6.45, 7) is 1.01. The lowest BCUT2D eigenvalue weighted by molar-refractivity contribution is 0.220. The summed E-state index contributed by atoms with van der Waals surface area (Å²) in [6, 6.07) is 11.1. The van der Waals surface area contributed by atoms with Crippen LogP contribution >= 0.6 is 0 Å². The Bertz CT molecular complexity index is 554. The second kappa shape index (κ2) is 6.68. The fraction of sp³-hybridized carbons (Fsp3) is 0.200. The van der Waals surface area contributed by atoms with Gasteiger partial charge in [0.05, 0.1) is 0 Å². The second-order valence-electron chi connectivity index (χ2n) is 4.55. The van der Waals surface area contributed by atoms with Gasteiger partial charge in [-0.25, -0.2) is 4.79 Å². The molecule has 0 radical (unpaired) electrons. The number of aromatic nitrogens is 1. The second-order valence-corrected chi connectivity index (χ2v) is 4.55. The van der Waals surface area contributed by atoms with Crippen molar-refractivity contribution < 1.29 is 4.79 Å². The van der Waals surface area contributed by atoms with Gasteiger partial charge in [0.25, 0.3) is 0 Å². The fourth-order valence-electron chi connectivity index (χ4n) is 1.78. The Balaban J connectivity index is 1.93. The molecule has 0 aliphatic rings. The van der Waals surface area contributed by atoms with Gasteiger partial charge in [-0.2, -0.15) is 0 Å². The quantitative estimate of drug-likeness (QED) is 0.894. The van der Waals surface area contributed by atoms with Crippen molar-refractivity contribution in [1.82, 2.24) is 9.88 Å². The molecule has 1 aromatic carbocycles. The molecule has 20 heavy (non-hydrogen) atoms. The fourth-order valence-corrected chi connectivity index (χ4v) is 1.78. The predicted molar refractivity (Wildman–Crippen MR) is 79.1 cm³/mol. The molecule has 1 aromatic heterocycles. The number of amides is 2. The van der Waals surface area contributed by atoms with Crippen molar-refractivity contribution in [2.75, 3.05) is 12.4 Å². The Kier molecular flexibility index (Phi) is 4.68. The van der Waals surface area contributed by atoms with Crippen LogP contribution in [-0.4, -0.2) is 23.0 Å². The van der Waals surface area contributed by atoms with Crippen LogP contribution in [0.2, 0.25) is 0 Å². The predicted octanol–water partition coefficient (Wildman–Crippen LogP) is 2.20. The third-order valence-corrected chi connectivity index (χ3v) is 2.93. The van der Waals surface area contributed by atoms with Crippen LogP contribution in [0.25, 0.3) is 0 Å². The largest absolute Gasteiger partial charge is 0.326 e. The number of nitrogens with zero attached hydrogens (tertiary/aromatic N) is 2. The third kappa shape index (κ3) is 3.80. The van der Waals surface area contributed by atoms with Gasteiger partial charge < -0.3 is 16.0 Å². The molecule has 3 N–H and O–H groups in total. The molecule has 2 amide bonds. The normalized spacial score (nSPS) is 10.1. The zero-order valence-electron chi connectivity index (χ0n) is 11.4. The molecule has 0 unspecified atom stereocenters. The summed E-state index contributed by atoms with van der Waals surface area (Å²) >= 11 is 0. The molecule has 5 nitrogen and oxygen atoms in total. The first-order valence-corrected chi connectivity index (χ1v) is 6.39. The van der Waals surface area contributed by atoms with Gasteiger partial charge >= 0.3 is 6.03 Å². The monoisotopic (exact) mass is 270 g/mol. The highest BCUT2D eigenvalue weighted by atomic mass is 16.2. The summed E-state index contributed by atoms with van der Waals surface area (Å²) in [4.78, 5) is 17.7. The Morgan fingerprint density at radius 2 is 2.00 bits per heavy atom. The van der Waals surface area contributed by atoms with Crippen LogP contribution in [0, 0.1) is 0 Å². The Morgan fingerprint density at radius 3 is 2.60 bits per heavy atom. The first kappa shape index (κ1) is 14.0. The van der Waals surface area contributed by atoms with E-state index in [2.05, 4.69) is 10.3 Å². The van der Waals surface area contributed by atoms with Crippen LogP contribution in [0.1, 0.15) is 11.1 Å². The van der Waals surface area contributed by atoms with Crippen LogP contribution in [0.5, 0.6) is 0 Å². The van der Waals surface area contributed by atoms with Crippen LogP contribution in [-0.2, 0) is 13.1 Å². The van der Waals surface area contributed by atoms with E-state index < -0.39 is 0 Å². The molecule has 0 saturated carbocycles. The van der Waals surface area contributed by atoms with Crippen LogP contribution in [0.15, 0.2) is 48.8 Å². The zero-order chi connectivity index (χ0) is 14.4. The topological polar surface area (TPSA) is 71.2 Å². The molecule has 0 bridgehead atoms. The molecule has 0 spiro atoms. The van der Waals surface area contributed by atoms with Crippen molar-refractivity contribution in [1.29, 1.82) is 0 Å². The average molecular weight is 270 g/mol. The standard InChI is InChI=1S/C15H18N4O/c1-19(11-13-3-2-8-17-10-13)15(20)18-14-6-4-12(9-16)5-7-14/h2-8,10H,9,11,16H2,1H3,(H,18,20). The number of anilines is 1. The molecule has 2 aromatic rings.